The zero-order valence-electron chi connectivity index (χ0n) is 9.72. The lowest BCUT2D eigenvalue weighted by Gasteiger charge is -2.07. The number of aromatic nitrogens is 2. The number of hydrogen-bond donors (Lipinski definition) is 1. The summed E-state index contributed by atoms with van der Waals surface area (Å²) >= 11 is 5.79. The number of anilines is 1. The summed E-state index contributed by atoms with van der Waals surface area (Å²) in [7, 11) is -3.96. The minimum absolute atomic E-state index is 0.0347. The fourth-order valence-corrected chi connectivity index (χ4v) is 2.48. The van der Waals surface area contributed by atoms with Crippen LogP contribution < -0.4 is 4.72 Å². The number of nitro groups is 1. The molecule has 0 saturated heterocycles. The normalized spacial score (nSPS) is 11.1. The molecule has 0 spiro atoms. The van der Waals surface area contributed by atoms with E-state index in [1.165, 1.54) is 12.3 Å². The van der Waals surface area contributed by atoms with Crippen molar-refractivity contribution in [3.8, 4) is 0 Å². The third-order valence-corrected chi connectivity index (χ3v) is 3.84. The Morgan fingerprint density at radius 3 is 2.55 bits per heavy atom. The average Bonchev–Trinajstić information content (AvgIpc) is 2.41. The summed E-state index contributed by atoms with van der Waals surface area (Å²) in [5.41, 5.74) is 0. The molecule has 0 bridgehead atoms. The molecular formula is C10H7ClN4O4S. The fourth-order valence-electron chi connectivity index (χ4n) is 1.29. The third-order valence-electron chi connectivity index (χ3n) is 2.21. The molecule has 0 saturated carbocycles. The van der Waals surface area contributed by atoms with Gasteiger partial charge in [-0.05, 0) is 28.1 Å². The summed E-state index contributed by atoms with van der Waals surface area (Å²) in [5, 5.41) is 10.6. The highest BCUT2D eigenvalue weighted by molar-refractivity contribution is 7.92. The van der Waals surface area contributed by atoms with E-state index in [1.807, 2.05) is 0 Å². The first kappa shape index (κ1) is 14.2. The molecule has 10 heteroatoms. The van der Waals surface area contributed by atoms with Crippen LogP contribution in [0.2, 0.25) is 5.02 Å². The number of pyridine rings is 2. The lowest BCUT2D eigenvalue weighted by Crippen LogP contribution is -2.14. The maximum absolute atomic E-state index is 12.0. The third kappa shape index (κ3) is 3.00. The molecule has 0 amide bonds. The van der Waals surface area contributed by atoms with Crippen molar-refractivity contribution in [2.24, 2.45) is 0 Å². The maximum atomic E-state index is 12.0. The van der Waals surface area contributed by atoms with Crippen LogP contribution in [-0.2, 0) is 10.0 Å². The first-order chi connectivity index (χ1) is 9.40. The van der Waals surface area contributed by atoms with Gasteiger partial charge in [-0.15, -0.1) is 0 Å². The second kappa shape index (κ2) is 5.39. The predicted octanol–water partition coefficient (Wildman–Crippen LogP) is 1.84. The molecule has 0 aliphatic heterocycles. The number of nitrogens with zero attached hydrogens (tertiary/aromatic N) is 3. The zero-order valence-corrected chi connectivity index (χ0v) is 11.3. The monoisotopic (exact) mass is 314 g/mol. The molecule has 0 fully saturated rings. The molecule has 0 aliphatic carbocycles. The van der Waals surface area contributed by atoms with Crippen LogP contribution in [0.1, 0.15) is 0 Å². The number of hydrogen-bond acceptors (Lipinski definition) is 6. The van der Waals surface area contributed by atoms with Crippen LogP contribution in [0.15, 0.2) is 41.6 Å². The second-order valence-electron chi connectivity index (χ2n) is 3.55. The van der Waals surface area contributed by atoms with Crippen molar-refractivity contribution >= 4 is 33.3 Å². The van der Waals surface area contributed by atoms with E-state index < -0.39 is 20.8 Å². The van der Waals surface area contributed by atoms with E-state index in [1.54, 1.807) is 6.07 Å². The van der Waals surface area contributed by atoms with Crippen molar-refractivity contribution in [3.63, 3.8) is 0 Å². The molecule has 2 rings (SSSR count). The van der Waals surface area contributed by atoms with E-state index in [9.17, 15) is 18.5 Å². The lowest BCUT2D eigenvalue weighted by molar-refractivity contribution is -0.389. The van der Waals surface area contributed by atoms with Gasteiger partial charge in [0.05, 0.1) is 5.02 Å². The van der Waals surface area contributed by atoms with Crippen LogP contribution in [0, 0.1) is 10.1 Å². The van der Waals surface area contributed by atoms with Gasteiger partial charge < -0.3 is 10.1 Å². The summed E-state index contributed by atoms with van der Waals surface area (Å²) < 4.78 is 26.2. The topological polar surface area (TPSA) is 115 Å². The Morgan fingerprint density at radius 1 is 1.25 bits per heavy atom. The van der Waals surface area contributed by atoms with Gasteiger partial charge in [0.2, 0.25) is 0 Å². The summed E-state index contributed by atoms with van der Waals surface area (Å²) in [6, 6.07) is 5.09. The maximum Gasteiger partial charge on any atom is 0.363 e. The molecule has 2 aromatic heterocycles. The van der Waals surface area contributed by atoms with Crippen molar-refractivity contribution in [1.82, 2.24) is 9.97 Å². The highest BCUT2D eigenvalue weighted by Gasteiger charge is 2.19. The van der Waals surface area contributed by atoms with Crippen molar-refractivity contribution in [2.45, 2.75) is 4.90 Å². The van der Waals surface area contributed by atoms with Crippen molar-refractivity contribution in [2.75, 3.05) is 4.72 Å². The number of halogens is 1. The Bertz CT molecular complexity index is 748. The molecule has 2 aromatic rings. The Balaban J connectivity index is 2.31. The quantitative estimate of drug-likeness (QED) is 0.680. The van der Waals surface area contributed by atoms with Gasteiger partial charge in [-0.1, -0.05) is 11.6 Å². The molecule has 0 unspecified atom stereocenters. The molecule has 2 heterocycles. The molecular weight excluding hydrogens is 308 g/mol. The fraction of sp³-hybridized carbons (Fsp3) is 0. The molecule has 104 valence electrons. The van der Waals surface area contributed by atoms with E-state index >= 15 is 0 Å². The van der Waals surface area contributed by atoms with Gasteiger partial charge in [0, 0.05) is 12.3 Å². The van der Waals surface area contributed by atoms with Crippen molar-refractivity contribution < 1.29 is 13.3 Å². The highest BCUT2D eigenvalue weighted by Crippen LogP contribution is 2.21. The first-order valence-electron chi connectivity index (χ1n) is 5.14. The smallest absolute Gasteiger partial charge is 0.358 e. The molecule has 8 nitrogen and oxygen atoms in total. The molecule has 0 atom stereocenters. The van der Waals surface area contributed by atoms with Crippen LogP contribution in [-0.4, -0.2) is 23.3 Å². The van der Waals surface area contributed by atoms with Gasteiger partial charge in [-0.3, -0.25) is 4.72 Å². The van der Waals surface area contributed by atoms with Crippen molar-refractivity contribution in [1.29, 1.82) is 0 Å². The Labute approximate surface area is 118 Å². The van der Waals surface area contributed by atoms with E-state index in [0.717, 1.165) is 18.3 Å². The Hall–Kier alpha value is -2.26. The summed E-state index contributed by atoms with van der Waals surface area (Å²) in [6.07, 6.45) is 2.26. The van der Waals surface area contributed by atoms with Crippen LogP contribution in [0.3, 0.4) is 0 Å². The van der Waals surface area contributed by atoms with Gasteiger partial charge >= 0.3 is 5.82 Å². The number of rotatable bonds is 4. The summed E-state index contributed by atoms with van der Waals surface area (Å²) in [4.78, 5) is 16.7. The largest absolute Gasteiger partial charge is 0.363 e. The predicted molar refractivity (Wildman–Crippen MR) is 70.9 cm³/mol. The van der Waals surface area contributed by atoms with Gasteiger partial charge in [0.15, 0.2) is 12.0 Å². The van der Waals surface area contributed by atoms with E-state index in [0.29, 0.717) is 0 Å². The minimum atomic E-state index is -3.96. The molecule has 0 radical (unpaired) electrons. The van der Waals surface area contributed by atoms with Gasteiger partial charge in [0.25, 0.3) is 10.0 Å². The summed E-state index contributed by atoms with van der Waals surface area (Å²) in [6.45, 7) is 0. The molecule has 20 heavy (non-hydrogen) atoms. The van der Waals surface area contributed by atoms with Crippen LogP contribution in [0.5, 0.6) is 0 Å². The lowest BCUT2D eigenvalue weighted by atomic mass is 10.5. The van der Waals surface area contributed by atoms with Crippen molar-refractivity contribution in [3.05, 3.63) is 51.8 Å². The van der Waals surface area contributed by atoms with Gasteiger partial charge in [-0.25, -0.2) is 13.4 Å². The number of sulfonamides is 1. The minimum Gasteiger partial charge on any atom is -0.358 e. The van der Waals surface area contributed by atoms with E-state index in [-0.39, 0.29) is 15.7 Å². The molecule has 1 N–H and O–H groups in total. The highest BCUT2D eigenvalue weighted by atomic mass is 35.5. The van der Waals surface area contributed by atoms with Crippen LogP contribution >= 0.6 is 11.6 Å². The standard InChI is InChI=1S/C10H7ClN4O4S/c11-8-2-1-5-12-10(8)14-20(18,19)7-3-4-9(13-6-7)15(16)17/h1-6H,(H,12,14). The van der Waals surface area contributed by atoms with Crippen LogP contribution in [0.4, 0.5) is 11.6 Å². The Morgan fingerprint density at radius 2 is 2.00 bits per heavy atom. The second-order valence-corrected chi connectivity index (χ2v) is 5.64. The molecule has 0 aromatic carbocycles. The average molecular weight is 315 g/mol. The van der Waals surface area contributed by atoms with Gasteiger partial charge in [-0.2, -0.15) is 0 Å². The van der Waals surface area contributed by atoms with Gasteiger partial charge in [0.1, 0.15) is 4.90 Å². The Kier molecular flexibility index (Phi) is 3.81. The zero-order chi connectivity index (χ0) is 14.8. The first-order valence-corrected chi connectivity index (χ1v) is 7.00. The SMILES string of the molecule is O=[N+]([O-])c1ccc(S(=O)(=O)Nc2ncccc2Cl)cn1. The molecule has 0 aliphatic rings. The van der Waals surface area contributed by atoms with E-state index in [2.05, 4.69) is 14.7 Å². The van der Waals surface area contributed by atoms with E-state index in [4.69, 9.17) is 11.6 Å². The number of nitrogens with one attached hydrogen (secondary N) is 1. The summed E-state index contributed by atoms with van der Waals surface area (Å²) in [5.74, 6) is -0.479. The van der Waals surface area contributed by atoms with Crippen LogP contribution in [0.25, 0.3) is 0 Å².